The lowest BCUT2D eigenvalue weighted by molar-refractivity contribution is -0.137. The number of aromatic nitrogens is 1. The monoisotopic (exact) mass is 269 g/mol. The highest BCUT2D eigenvalue weighted by atomic mass is 19.4. The summed E-state index contributed by atoms with van der Waals surface area (Å²) >= 11 is 0. The minimum Gasteiger partial charge on any atom is -0.298 e. The van der Waals surface area contributed by atoms with E-state index in [0.717, 1.165) is 36.7 Å². The van der Waals surface area contributed by atoms with Crippen LogP contribution in [-0.2, 0) is 6.18 Å². The SMILES string of the molecule is O=Cc1ccc(C(F)(F)F)c(-c2cncc(F)c2)c1. The summed E-state index contributed by atoms with van der Waals surface area (Å²) in [6.07, 6.45) is -2.16. The molecule has 2 aromatic rings. The molecular weight excluding hydrogens is 262 g/mol. The molecule has 6 heteroatoms. The molecule has 98 valence electrons. The van der Waals surface area contributed by atoms with Gasteiger partial charge in [0, 0.05) is 17.3 Å². The maximum absolute atomic E-state index is 13.1. The first-order chi connectivity index (χ1) is 8.91. The first-order valence-electron chi connectivity index (χ1n) is 5.19. The van der Waals surface area contributed by atoms with Gasteiger partial charge in [0.2, 0.25) is 0 Å². The molecule has 0 radical (unpaired) electrons. The van der Waals surface area contributed by atoms with Crippen molar-refractivity contribution in [2.45, 2.75) is 6.18 Å². The second-order valence-electron chi connectivity index (χ2n) is 3.81. The molecule has 0 aliphatic carbocycles. The molecule has 0 bridgehead atoms. The Labute approximate surface area is 105 Å². The first kappa shape index (κ1) is 13.2. The van der Waals surface area contributed by atoms with Crippen LogP contribution in [0.25, 0.3) is 11.1 Å². The summed E-state index contributed by atoms with van der Waals surface area (Å²) in [6.45, 7) is 0. The van der Waals surface area contributed by atoms with Crippen LogP contribution in [0.1, 0.15) is 15.9 Å². The Morgan fingerprint density at radius 2 is 1.84 bits per heavy atom. The summed E-state index contributed by atoms with van der Waals surface area (Å²) in [5.74, 6) is -0.748. The number of pyridine rings is 1. The van der Waals surface area contributed by atoms with Gasteiger partial charge in [-0.25, -0.2) is 4.39 Å². The Morgan fingerprint density at radius 1 is 1.11 bits per heavy atom. The summed E-state index contributed by atoms with van der Waals surface area (Å²) in [4.78, 5) is 14.2. The third-order valence-corrected chi connectivity index (χ3v) is 2.50. The zero-order chi connectivity index (χ0) is 14.0. The van der Waals surface area contributed by atoms with Gasteiger partial charge in [-0.3, -0.25) is 9.78 Å². The molecule has 0 aliphatic heterocycles. The third kappa shape index (κ3) is 2.78. The molecule has 0 atom stereocenters. The van der Waals surface area contributed by atoms with Gasteiger partial charge in [0.05, 0.1) is 11.8 Å². The number of carbonyl (C=O) groups is 1. The Morgan fingerprint density at radius 3 is 2.42 bits per heavy atom. The molecule has 0 spiro atoms. The quantitative estimate of drug-likeness (QED) is 0.614. The summed E-state index contributed by atoms with van der Waals surface area (Å²) in [5, 5.41) is 0. The topological polar surface area (TPSA) is 30.0 Å². The van der Waals surface area contributed by atoms with Crippen LogP contribution in [-0.4, -0.2) is 11.3 Å². The average molecular weight is 269 g/mol. The van der Waals surface area contributed by atoms with E-state index in [9.17, 15) is 22.4 Å². The van der Waals surface area contributed by atoms with E-state index in [1.54, 1.807) is 0 Å². The van der Waals surface area contributed by atoms with Gasteiger partial charge in [-0.15, -0.1) is 0 Å². The molecule has 0 fully saturated rings. The molecular formula is C13H7F4NO. The zero-order valence-corrected chi connectivity index (χ0v) is 9.41. The number of rotatable bonds is 2. The molecule has 2 rings (SSSR count). The maximum Gasteiger partial charge on any atom is 0.417 e. The molecule has 0 amide bonds. The van der Waals surface area contributed by atoms with Crippen LogP contribution in [0.5, 0.6) is 0 Å². The van der Waals surface area contributed by atoms with Crippen LogP contribution < -0.4 is 0 Å². The molecule has 0 saturated heterocycles. The fourth-order valence-electron chi connectivity index (χ4n) is 1.68. The lowest BCUT2D eigenvalue weighted by Gasteiger charge is -2.13. The smallest absolute Gasteiger partial charge is 0.298 e. The molecule has 0 N–H and O–H groups in total. The van der Waals surface area contributed by atoms with Gasteiger partial charge in [-0.2, -0.15) is 13.2 Å². The Bertz CT molecular complexity index is 622. The van der Waals surface area contributed by atoms with Gasteiger partial charge in [0.25, 0.3) is 0 Å². The van der Waals surface area contributed by atoms with Crippen LogP contribution in [0, 0.1) is 5.82 Å². The number of benzene rings is 1. The summed E-state index contributed by atoms with van der Waals surface area (Å²) < 4.78 is 51.7. The van der Waals surface area contributed by atoms with Crippen molar-refractivity contribution in [3.05, 3.63) is 53.6 Å². The molecule has 19 heavy (non-hydrogen) atoms. The maximum atomic E-state index is 13.1. The van der Waals surface area contributed by atoms with Gasteiger partial charge >= 0.3 is 6.18 Å². The molecule has 2 nitrogen and oxygen atoms in total. The highest BCUT2D eigenvalue weighted by molar-refractivity contribution is 5.80. The Kier molecular flexibility index (Phi) is 3.33. The van der Waals surface area contributed by atoms with Crippen molar-refractivity contribution in [3.63, 3.8) is 0 Å². The summed E-state index contributed by atoms with van der Waals surface area (Å²) in [6, 6.07) is 3.86. The van der Waals surface area contributed by atoms with E-state index in [1.165, 1.54) is 0 Å². The number of nitrogens with zero attached hydrogens (tertiary/aromatic N) is 1. The van der Waals surface area contributed by atoms with Crippen molar-refractivity contribution < 1.29 is 22.4 Å². The predicted molar refractivity (Wildman–Crippen MR) is 60.0 cm³/mol. The highest BCUT2D eigenvalue weighted by Crippen LogP contribution is 2.37. The third-order valence-electron chi connectivity index (χ3n) is 2.50. The minimum absolute atomic E-state index is 0.0315. The zero-order valence-electron chi connectivity index (χ0n) is 9.41. The number of halogens is 4. The van der Waals surface area contributed by atoms with E-state index >= 15 is 0 Å². The molecule has 0 unspecified atom stereocenters. The van der Waals surface area contributed by atoms with E-state index in [0.29, 0.717) is 6.29 Å². The van der Waals surface area contributed by atoms with Crippen molar-refractivity contribution in [2.24, 2.45) is 0 Å². The van der Waals surface area contributed by atoms with Gasteiger partial charge in [-0.05, 0) is 23.8 Å². The van der Waals surface area contributed by atoms with Crippen molar-refractivity contribution >= 4 is 6.29 Å². The number of aldehydes is 1. The van der Waals surface area contributed by atoms with Crippen LogP contribution in [0.15, 0.2) is 36.7 Å². The fraction of sp³-hybridized carbons (Fsp3) is 0.0769. The van der Waals surface area contributed by atoms with E-state index in [1.807, 2.05) is 0 Å². The first-order valence-corrected chi connectivity index (χ1v) is 5.19. The van der Waals surface area contributed by atoms with E-state index in [4.69, 9.17) is 0 Å². The fourth-order valence-corrected chi connectivity index (χ4v) is 1.68. The molecule has 1 aromatic carbocycles. The Hall–Kier alpha value is -2.24. The standard InChI is InChI=1S/C13H7F4NO/c14-10-4-9(5-18-6-10)11-3-8(7-19)1-2-12(11)13(15,16)17/h1-7H. The van der Waals surface area contributed by atoms with Crippen molar-refractivity contribution in [2.75, 3.05) is 0 Å². The van der Waals surface area contributed by atoms with Crippen molar-refractivity contribution in [1.29, 1.82) is 0 Å². The average Bonchev–Trinajstić information content (AvgIpc) is 2.37. The van der Waals surface area contributed by atoms with E-state index < -0.39 is 17.6 Å². The van der Waals surface area contributed by atoms with E-state index in [2.05, 4.69) is 4.98 Å². The van der Waals surface area contributed by atoms with Gasteiger partial charge in [0.1, 0.15) is 12.1 Å². The van der Waals surface area contributed by atoms with E-state index in [-0.39, 0.29) is 16.7 Å². The van der Waals surface area contributed by atoms with Gasteiger partial charge in [0.15, 0.2) is 0 Å². The number of hydrogen-bond acceptors (Lipinski definition) is 2. The lowest BCUT2D eigenvalue weighted by atomic mass is 9.98. The second-order valence-corrected chi connectivity index (χ2v) is 3.81. The van der Waals surface area contributed by atoms with Gasteiger partial charge in [-0.1, -0.05) is 6.07 Å². The van der Waals surface area contributed by atoms with Gasteiger partial charge < -0.3 is 0 Å². The van der Waals surface area contributed by atoms with Crippen LogP contribution in [0.4, 0.5) is 17.6 Å². The lowest BCUT2D eigenvalue weighted by Crippen LogP contribution is -2.07. The number of hydrogen-bond donors (Lipinski definition) is 0. The molecule has 0 saturated carbocycles. The van der Waals surface area contributed by atoms with Crippen molar-refractivity contribution in [3.8, 4) is 11.1 Å². The van der Waals surface area contributed by atoms with Crippen LogP contribution in [0.3, 0.4) is 0 Å². The molecule has 1 heterocycles. The number of carbonyl (C=O) groups excluding carboxylic acids is 1. The highest BCUT2D eigenvalue weighted by Gasteiger charge is 2.33. The van der Waals surface area contributed by atoms with Crippen molar-refractivity contribution in [1.82, 2.24) is 4.98 Å². The molecule has 0 aliphatic rings. The number of alkyl halides is 3. The normalized spacial score (nSPS) is 11.4. The Balaban J connectivity index is 2.68. The second kappa shape index (κ2) is 4.79. The van der Waals surface area contributed by atoms with Crippen LogP contribution in [0.2, 0.25) is 0 Å². The minimum atomic E-state index is -4.59. The van der Waals surface area contributed by atoms with Crippen LogP contribution >= 0.6 is 0 Å². The summed E-state index contributed by atoms with van der Waals surface area (Å²) in [5.41, 5.74) is -1.17. The predicted octanol–water partition coefficient (Wildman–Crippen LogP) is 3.72. The molecule has 1 aromatic heterocycles. The largest absolute Gasteiger partial charge is 0.417 e. The summed E-state index contributed by atoms with van der Waals surface area (Å²) in [7, 11) is 0.